The summed E-state index contributed by atoms with van der Waals surface area (Å²) in [6.45, 7) is 5.35. The number of ether oxygens (including phenoxy) is 1. The fourth-order valence-corrected chi connectivity index (χ4v) is 2.70. The number of benzene rings is 1. The summed E-state index contributed by atoms with van der Waals surface area (Å²) in [5, 5.41) is 6.04. The second kappa shape index (κ2) is 6.64. The Bertz CT molecular complexity index is 673. The SMILES string of the molecule is Cc1csc(NC(=O)C(C)Oc2cc(C)c(Cl)cc2Cl)n1. The number of rotatable bonds is 4. The minimum absolute atomic E-state index is 0.284. The van der Waals surface area contributed by atoms with Crippen LogP contribution in [0.25, 0.3) is 0 Å². The molecule has 112 valence electrons. The molecule has 1 N–H and O–H groups in total. The molecular formula is C14H14Cl2N2O2S. The number of aromatic nitrogens is 1. The quantitative estimate of drug-likeness (QED) is 0.889. The average Bonchev–Trinajstić information content (AvgIpc) is 2.81. The number of carbonyl (C=O) groups excluding carboxylic acids is 1. The molecule has 2 rings (SSSR count). The van der Waals surface area contributed by atoms with E-state index >= 15 is 0 Å². The third-order valence-electron chi connectivity index (χ3n) is 2.74. The van der Waals surface area contributed by atoms with Gasteiger partial charge in [0, 0.05) is 10.4 Å². The normalized spacial score (nSPS) is 12.0. The highest BCUT2D eigenvalue weighted by molar-refractivity contribution is 7.13. The number of carbonyl (C=O) groups is 1. The van der Waals surface area contributed by atoms with Crippen LogP contribution < -0.4 is 10.1 Å². The molecule has 2 aromatic rings. The predicted molar refractivity (Wildman–Crippen MR) is 86.8 cm³/mol. The van der Waals surface area contributed by atoms with Crippen LogP contribution in [0.15, 0.2) is 17.5 Å². The minimum atomic E-state index is -0.702. The van der Waals surface area contributed by atoms with E-state index in [1.165, 1.54) is 11.3 Å². The number of anilines is 1. The number of nitrogens with one attached hydrogen (secondary N) is 1. The molecule has 1 aromatic carbocycles. The van der Waals surface area contributed by atoms with Gasteiger partial charge in [-0.25, -0.2) is 4.98 Å². The van der Waals surface area contributed by atoms with Gasteiger partial charge in [-0.3, -0.25) is 10.1 Å². The molecule has 0 radical (unpaired) electrons. The molecule has 0 fully saturated rings. The Hall–Kier alpha value is -1.30. The highest BCUT2D eigenvalue weighted by Gasteiger charge is 2.18. The highest BCUT2D eigenvalue weighted by atomic mass is 35.5. The van der Waals surface area contributed by atoms with Gasteiger partial charge in [-0.05, 0) is 38.5 Å². The van der Waals surface area contributed by atoms with Gasteiger partial charge in [-0.1, -0.05) is 23.2 Å². The Balaban J connectivity index is 2.05. The largest absolute Gasteiger partial charge is 0.479 e. The van der Waals surface area contributed by atoms with E-state index in [0.717, 1.165) is 11.3 Å². The molecule has 1 amide bonds. The van der Waals surface area contributed by atoms with Crippen molar-refractivity contribution in [3.05, 3.63) is 38.8 Å². The van der Waals surface area contributed by atoms with Crippen LogP contribution in [0, 0.1) is 13.8 Å². The van der Waals surface area contributed by atoms with Gasteiger partial charge < -0.3 is 4.74 Å². The van der Waals surface area contributed by atoms with Crippen molar-refractivity contribution in [2.24, 2.45) is 0 Å². The Morgan fingerprint density at radius 3 is 2.67 bits per heavy atom. The lowest BCUT2D eigenvalue weighted by Gasteiger charge is -2.15. The van der Waals surface area contributed by atoms with E-state index in [2.05, 4.69) is 10.3 Å². The van der Waals surface area contributed by atoms with E-state index in [4.69, 9.17) is 27.9 Å². The van der Waals surface area contributed by atoms with Crippen molar-refractivity contribution in [1.29, 1.82) is 0 Å². The van der Waals surface area contributed by atoms with Gasteiger partial charge in [-0.15, -0.1) is 11.3 Å². The van der Waals surface area contributed by atoms with Crippen LogP contribution in [0.2, 0.25) is 10.0 Å². The van der Waals surface area contributed by atoms with Gasteiger partial charge in [-0.2, -0.15) is 0 Å². The maximum atomic E-state index is 12.1. The van der Waals surface area contributed by atoms with Crippen molar-refractivity contribution in [2.45, 2.75) is 26.9 Å². The van der Waals surface area contributed by atoms with E-state index < -0.39 is 6.10 Å². The van der Waals surface area contributed by atoms with Crippen LogP contribution >= 0.6 is 34.5 Å². The van der Waals surface area contributed by atoms with Gasteiger partial charge >= 0.3 is 0 Å². The molecule has 1 aromatic heterocycles. The molecule has 1 heterocycles. The lowest BCUT2D eigenvalue weighted by Crippen LogP contribution is -2.30. The fourth-order valence-electron chi connectivity index (χ4n) is 1.58. The standard InChI is InChI=1S/C14H14Cl2N2O2S/c1-7-4-12(11(16)5-10(7)15)20-9(3)13(19)18-14-17-8(2)6-21-14/h4-6,9H,1-3H3,(H,17,18,19). The van der Waals surface area contributed by atoms with E-state index in [0.29, 0.717) is 20.9 Å². The number of hydrogen-bond acceptors (Lipinski definition) is 4. The van der Waals surface area contributed by atoms with Crippen LogP contribution in [-0.2, 0) is 4.79 Å². The van der Waals surface area contributed by atoms with Crippen molar-refractivity contribution >= 4 is 45.6 Å². The van der Waals surface area contributed by atoms with Crippen molar-refractivity contribution in [3.8, 4) is 5.75 Å². The molecule has 1 atom stereocenters. The summed E-state index contributed by atoms with van der Waals surface area (Å²) in [6, 6.07) is 3.31. The van der Waals surface area contributed by atoms with E-state index in [9.17, 15) is 4.79 Å². The summed E-state index contributed by atoms with van der Waals surface area (Å²) in [7, 11) is 0. The molecule has 0 aliphatic carbocycles. The zero-order valence-electron chi connectivity index (χ0n) is 11.7. The molecule has 0 aliphatic rings. The van der Waals surface area contributed by atoms with E-state index in [1.807, 2.05) is 19.2 Å². The molecule has 0 saturated heterocycles. The fraction of sp³-hybridized carbons (Fsp3) is 0.286. The first kappa shape index (κ1) is 16.1. The molecule has 7 heteroatoms. The Kier molecular flexibility index (Phi) is 5.08. The Morgan fingerprint density at radius 2 is 2.05 bits per heavy atom. The second-order valence-electron chi connectivity index (χ2n) is 4.58. The van der Waals surface area contributed by atoms with Crippen LogP contribution in [-0.4, -0.2) is 17.0 Å². The molecule has 1 unspecified atom stereocenters. The first-order valence-electron chi connectivity index (χ1n) is 6.22. The van der Waals surface area contributed by atoms with Crippen LogP contribution in [0.4, 0.5) is 5.13 Å². The number of nitrogens with zero attached hydrogens (tertiary/aromatic N) is 1. The van der Waals surface area contributed by atoms with Crippen molar-refractivity contribution < 1.29 is 9.53 Å². The second-order valence-corrected chi connectivity index (χ2v) is 6.25. The summed E-state index contributed by atoms with van der Waals surface area (Å²) >= 11 is 13.4. The van der Waals surface area contributed by atoms with Gasteiger partial charge in [0.15, 0.2) is 11.2 Å². The zero-order valence-corrected chi connectivity index (χ0v) is 14.1. The monoisotopic (exact) mass is 344 g/mol. The van der Waals surface area contributed by atoms with Gasteiger partial charge in [0.25, 0.3) is 5.91 Å². The maximum absolute atomic E-state index is 12.1. The summed E-state index contributed by atoms with van der Waals surface area (Å²) in [4.78, 5) is 16.2. The number of aryl methyl sites for hydroxylation is 2. The Labute approximate surface area is 137 Å². The number of thiazole rings is 1. The van der Waals surface area contributed by atoms with Crippen molar-refractivity contribution in [2.75, 3.05) is 5.32 Å². The van der Waals surface area contributed by atoms with Gasteiger partial charge in [0.2, 0.25) is 0 Å². The maximum Gasteiger partial charge on any atom is 0.266 e. The Morgan fingerprint density at radius 1 is 1.33 bits per heavy atom. The first-order valence-corrected chi connectivity index (χ1v) is 7.85. The summed E-state index contributed by atoms with van der Waals surface area (Å²) < 4.78 is 5.60. The lowest BCUT2D eigenvalue weighted by atomic mass is 10.2. The smallest absolute Gasteiger partial charge is 0.266 e. The summed E-state index contributed by atoms with van der Waals surface area (Å²) in [6.07, 6.45) is -0.702. The van der Waals surface area contributed by atoms with Crippen LogP contribution in [0.3, 0.4) is 0 Å². The van der Waals surface area contributed by atoms with E-state index in [-0.39, 0.29) is 5.91 Å². The van der Waals surface area contributed by atoms with Gasteiger partial charge in [0.05, 0.1) is 10.7 Å². The van der Waals surface area contributed by atoms with Gasteiger partial charge in [0.1, 0.15) is 5.75 Å². The molecular weight excluding hydrogens is 331 g/mol. The average molecular weight is 345 g/mol. The minimum Gasteiger partial charge on any atom is -0.479 e. The molecule has 0 spiro atoms. The third kappa shape index (κ3) is 4.09. The molecule has 0 bridgehead atoms. The highest BCUT2D eigenvalue weighted by Crippen LogP contribution is 2.31. The summed E-state index contributed by atoms with van der Waals surface area (Å²) in [5.74, 6) is 0.143. The molecule has 4 nitrogen and oxygen atoms in total. The lowest BCUT2D eigenvalue weighted by molar-refractivity contribution is -0.122. The van der Waals surface area contributed by atoms with Crippen molar-refractivity contribution in [3.63, 3.8) is 0 Å². The van der Waals surface area contributed by atoms with Crippen LogP contribution in [0.1, 0.15) is 18.2 Å². The molecule has 0 saturated carbocycles. The van der Waals surface area contributed by atoms with Crippen LogP contribution in [0.5, 0.6) is 5.75 Å². The van der Waals surface area contributed by atoms with E-state index in [1.54, 1.807) is 19.1 Å². The predicted octanol–water partition coefficient (Wildman–Crippen LogP) is 4.47. The zero-order chi connectivity index (χ0) is 15.6. The van der Waals surface area contributed by atoms with Crippen molar-refractivity contribution in [1.82, 2.24) is 4.98 Å². The molecule has 21 heavy (non-hydrogen) atoms. The number of hydrogen-bond donors (Lipinski definition) is 1. The first-order chi connectivity index (χ1) is 9.86. The topological polar surface area (TPSA) is 51.2 Å². The number of amides is 1. The third-order valence-corrected chi connectivity index (χ3v) is 4.31. The number of halogens is 2. The molecule has 0 aliphatic heterocycles. The summed E-state index contributed by atoms with van der Waals surface area (Å²) in [5.41, 5.74) is 1.69.